The third kappa shape index (κ3) is 5.31. The molecule has 0 bridgehead atoms. The smallest absolute Gasteiger partial charge is 0.248 e. The Kier molecular flexibility index (Phi) is 6.61. The fraction of sp³-hybridized carbons (Fsp3) is 0.0909. The quantitative estimate of drug-likeness (QED) is 0.580. The minimum atomic E-state index is -3.89. The molecule has 3 aromatic carbocycles. The predicted molar refractivity (Wildman–Crippen MR) is 114 cm³/mol. The summed E-state index contributed by atoms with van der Waals surface area (Å²) in [6, 6.07) is 23.1. The van der Waals surface area contributed by atoms with Gasteiger partial charge in [0.15, 0.2) is 0 Å². The number of amides is 2. The molecule has 0 aliphatic rings. The molecule has 3 aromatic rings. The molecule has 3 rings (SSSR count). The second kappa shape index (κ2) is 9.34. The van der Waals surface area contributed by atoms with Crippen molar-refractivity contribution in [1.82, 2.24) is 4.31 Å². The van der Waals surface area contributed by atoms with Crippen LogP contribution in [0.2, 0.25) is 0 Å². The van der Waals surface area contributed by atoms with Crippen LogP contribution in [-0.2, 0) is 21.4 Å². The zero-order valence-electron chi connectivity index (χ0n) is 16.1. The van der Waals surface area contributed by atoms with Crippen molar-refractivity contribution in [2.45, 2.75) is 11.4 Å². The van der Waals surface area contributed by atoms with E-state index >= 15 is 0 Å². The van der Waals surface area contributed by atoms with Gasteiger partial charge in [0.2, 0.25) is 21.8 Å². The van der Waals surface area contributed by atoms with Gasteiger partial charge in [-0.3, -0.25) is 9.59 Å². The van der Waals surface area contributed by atoms with Crippen molar-refractivity contribution in [1.29, 1.82) is 0 Å². The summed E-state index contributed by atoms with van der Waals surface area (Å²) in [5.41, 5.74) is 6.71. The summed E-state index contributed by atoms with van der Waals surface area (Å²) in [4.78, 5) is 23.9. The lowest BCUT2D eigenvalue weighted by Gasteiger charge is -2.22. The van der Waals surface area contributed by atoms with Gasteiger partial charge in [0.1, 0.15) is 0 Å². The molecule has 0 saturated heterocycles. The number of hydrogen-bond donors (Lipinski definition) is 2. The SMILES string of the molecule is NC(=O)c1ccc(NC(=O)CN(Cc2ccccc2)S(=O)(=O)c2ccccc2)cc1. The van der Waals surface area contributed by atoms with E-state index in [1.165, 1.54) is 36.4 Å². The van der Waals surface area contributed by atoms with E-state index in [1.54, 1.807) is 30.3 Å². The number of sulfonamides is 1. The lowest BCUT2D eigenvalue weighted by atomic mass is 10.2. The topological polar surface area (TPSA) is 110 Å². The molecule has 8 heteroatoms. The largest absolute Gasteiger partial charge is 0.366 e. The van der Waals surface area contributed by atoms with Gasteiger partial charge >= 0.3 is 0 Å². The highest BCUT2D eigenvalue weighted by atomic mass is 32.2. The minimum Gasteiger partial charge on any atom is -0.366 e. The van der Waals surface area contributed by atoms with E-state index in [4.69, 9.17) is 5.73 Å². The molecule has 7 nitrogen and oxygen atoms in total. The summed E-state index contributed by atoms with van der Waals surface area (Å²) < 4.78 is 27.4. The Morgan fingerprint density at radius 1 is 0.833 bits per heavy atom. The van der Waals surface area contributed by atoms with Crippen molar-refractivity contribution >= 4 is 27.5 Å². The molecule has 0 heterocycles. The Hall–Kier alpha value is -3.49. The first-order valence-corrected chi connectivity index (χ1v) is 10.6. The number of rotatable bonds is 8. The first kappa shape index (κ1) is 21.2. The molecular weight excluding hydrogens is 402 g/mol. The first-order valence-electron chi connectivity index (χ1n) is 9.15. The highest BCUT2D eigenvalue weighted by molar-refractivity contribution is 7.89. The fourth-order valence-corrected chi connectivity index (χ4v) is 4.24. The van der Waals surface area contributed by atoms with Crippen LogP contribution in [0.25, 0.3) is 0 Å². The summed E-state index contributed by atoms with van der Waals surface area (Å²) in [7, 11) is -3.89. The average molecular weight is 423 g/mol. The van der Waals surface area contributed by atoms with Gasteiger partial charge in [-0.25, -0.2) is 8.42 Å². The van der Waals surface area contributed by atoms with Crippen molar-refractivity contribution in [2.24, 2.45) is 5.73 Å². The van der Waals surface area contributed by atoms with E-state index < -0.39 is 21.8 Å². The van der Waals surface area contributed by atoms with Crippen molar-refractivity contribution in [3.63, 3.8) is 0 Å². The monoisotopic (exact) mass is 423 g/mol. The summed E-state index contributed by atoms with van der Waals surface area (Å²) in [5, 5.41) is 2.65. The molecule has 0 atom stereocenters. The number of carbonyl (C=O) groups is 2. The van der Waals surface area contributed by atoms with Crippen molar-refractivity contribution in [3.8, 4) is 0 Å². The van der Waals surface area contributed by atoms with Crippen LogP contribution in [0.4, 0.5) is 5.69 Å². The maximum absolute atomic E-state index is 13.1. The molecule has 0 unspecified atom stereocenters. The second-order valence-corrected chi connectivity index (χ2v) is 8.50. The molecule has 0 fully saturated rings. The number of hydrogen-bond acceptors (Lipinski definition) is 4. The predicted octanol–water partition coefficient (Wildman–Crippen LogP) is 2.62. The number of nitrogens with zero attached hydrogens (tertiary/aromatic N) is 1. The fourth-order valence-electron chi connectivity index (χ4n) is 2.83. The maximum atomic E-state index is 13.1. The normalized spacial score (nSPS) is 11.2. The Morgan fingerprint density at radius 3 is 1.97 bits per heavy atom. The van der Waals surface area contributed by atoms with Gasteiger partial charge in [0, 0.05) is 17.8 Å². The van der Waals surface area contributed by atoms with E-state index in [9.17, 15) is 18.0 Å². The molecule has 0 aliphatic carbocycles. The van der Waals surface area contributed by atoms with Crippen LogP contribution in [0.15, 0.2) is 89.8 Å². The van der Waals surface area contributed by atoms with Crippen LogP contribution in [0.5, 0.6) is 0 Å². The van der Waals surface area contributed by atoms with Crippen LogP contribution in [0, 0.1) is 0 Å². The lowest BCUT2D eigenvalue weighted by molar-refractivity contribution is -0.116. The molecule has 154 valence electrons. The van der Waals surface area contributed by atoms with Crippen LogP contribution in [0.1, 0.15) is 15.9 Å². The standard InChI is InChI=1S/C22H21N3O4S/c23-22(27)18-11-13-19(14-12-18)24-21(26)16-25(15-17-7-3-1-4-8-17)30(28,29)20-9-5-2-6-10-20/h1-14H,15-16H2,(H2,23,27)(H,24,26). The maximum Gasteiger partial charge on any atom is 0.248 e. The van der Waals surface area contributed by atoms with Crippen molar-refractivity contribution in [2.75, 3.05) is 11.9 Å². The van der Waals surface area contributed by atoms with E-state index in [-0.39, 0.29) is 18.0 Å². The molecule has 0 spiro atoms. The third-order valence-corrected chi connectivity index (χ3v) is 6.16. The van der Waals surface area contributed by atoms with Gasteiger partial charge in [-0.1, -0.05) is 48.5 Å². The molecule has 2 amide bonds. The molecule has 3 N–H and O–H groups in total. The lowest BCUT2D eigenvalue weighted by Crippen LogP contribution is -2.37. The van der Waals surface area contributed by atoms with Crippen molar-refractivity contribution < 1.29 is 18.0 Å². The van der Waals surface area contributed by atoms with Gasteiger partial charge in [0.05, 0.1) is 11.4 Å². The molecular formula is C22H21N3O4S. The average Bonchev–Trinajstić information content (AvgIpc) is 2.75. The number of anilines is 1. The molecule has 30 heavy (non-hydrogen) atoms. The highest BCUT2D eigenvalue weighted by Gasteiger charge is 2.26. The number of carbonyl (C=O) groups excluding carboxylic acids is 2. The zero-order valence-corrected chi connectivity index (χ0v) is 16.9. The Bertz CT molecular complexity index is 1120. The van der Waals surface area contributed by atoms with E-state index in [2.05, 4.69) is 5.32 Å². The number of primary amides is 1. The highest BCUT2D eigenvalue weighted by Crippen LogP contribution is 2.18. The van der Waals surface area contributed by atoms with Gasteiger partial charge in [-0.2, -0.15) is 4.31 Å². The van der Waals surface area contributed by atoms with Gasteiger partial charge in [-0.05, 0) is 42.0 Å². The molecule has 0 aromatic heterocycles. The number of nitrogens with two attached hydrogens (primary N) is 1. The third-order valence-electron chi connectivity index (χ3n) is 4.36. The summed E-state index contributed by atoms with van der Waals surface area (Å²) in [5.74, 6) is -1.08. The van der Waals surface area contributed by atoms with Crippen LogP contribution in [-0.4, -0.2) is 31.1 Å². The zero-order chi connectivity index (χ0) is 21.6. The Balaban J connectivity index is 1.81. The molecule has 0 radical (unpaired) electrons. The molecule has 0 saturated carbocycles. The van der Waals surface area contributed by atoms with E-state index in [1.807, 2.05) is 18.2 Å². The Labute approximate surface area is 175 Å². The van der Waals surface area contributed by atoms with Crippen molar-refractivity contribution in [3.05, 3.63) is 96.1 Å². The second-order valence-electron chi connectivity index (χ2n) is 6.56. The summed E-state index contributed by atoms with van der Waals surface area (Å²) in [6.07, 6.45) is 0. The summed E-state index contributed by atoms with van der Waals surface area (Å²) in [6.45, 7) is -0.324. The Morgan fingerprint density at radius 2 is 1.40 bits per heavy atom. The van der Waals surface area contributed by atoms with Crippen LogP contribution in [0.3, 0.4) is 0 Å². The first-order chi connectivity index (χ1) is 14.4. The number of nitrogens with one attached hydrogen (secondary N) is 1. The van der Waals surface area contributed by atoms with E-state index in [0.717, 1.165) is 9.87 Å². The molecule has 0 aliphatic heterocycles. The minimum absolute atomic E-state index is 0.0477. The van der Waals surface area contributed by atoms with Gasteiger partial charge < -0.3 is 11.1 Å². The summed E-state index contributed by atoms with van der Waals surface area (Å²) >= 11 is 0. The van der Waals surface area contributed by atoms with Crippen LogP contribution < -0.4 is 11.1 Å². The van der Waals surface area contributed by atoms with Crippen LogP contribution >= 0.6 is 0 Å². The number of benzene rings is 3. The van der Waals surface area contributed by atoms with E-state index in [0.29, 0.717) is 11.3 Å². The van der Waals surface area contributed by atoms with Gasteiger partial charge in [-0.15, -0.1) is 0 Å². The van der Waals surface area contributed by atoms with Gasteiger partial charge in [0.25, 0.3) is 0 Å².